The molecule has 112 valence electrons. The van der Waals surface area contributed by atoms with E-state index in [0.717, 1.165) is 0 Å². The van der Waals surface area contributed by atoms with E-state index in [1.165, 1.54) is 18.5 Å². The number of carbonyl (C=O) groups is 2. The number of anilines is 1. The van der Waals surface area contributed by atoms with Gasteiger partial charge in [0.1, 0.15) is 12.1 Å². The number of aromatic nitrogens is 2. The van der Waals surface area contributed by atoms with Gasteiger partial charge in [-0.25, -0.2) is 14.8 Å². The average Bonchev–Trinajstić information content (AvgIpc) is 2.42. The first-order valence-electron chi connectivity index (χ1n) is 6.01. The van der Waals surface area contributed by atoms with Gasteiger partial charge >= 0.3 is 11.9 Å². The number of halogens is 1. The lowest BCUT2D eigenvalue weighted by molar-refractivity contribution is -0.137. The fraction of sp³-hybridized carbons (Fsp3) is 0.231. The molecule has 2 rings (SSSR count). The molecular weight excluding hydrogens is 298 g/mol. The molecule has 1 aromatic carbocycles. The maximum absolute atomic E-state index is 10.9. The summed E-state index contributed by atoms with van der Waals surface area (Å²) in [4.78, 5) is 29.4. The van der Waals surface area contributed by atoms with Crippen LogP contribution in [0.5, 0.6) is 0 Å². The molecule has 3 N–H and O–H groups in total. The predicted octanol–water partition coefficient (Wildman–Crippen LogP) is 2.03. The molecule has 0 aliphatic heterocycles. The van der Waals surface area contributed by atoms with E-state index in [1.54, 1.807) is 6.07 Å². The third-order valence-corrected chi connectivity index (χ3v) is 2.74. The summed E-state index contributed by atoms with van der Waals surface area (Å²) < 4.78 is 0. The highest BCUT2D eigenvalue weighted by atomic mass is 35.5. The number of hydrogen-bond donors (Lipinski definition) is 3. The molecule has 0 unspecified atom stereocenters. The second kappa shape index (κ2) is 7.39. The summed E-state index contributed by atoms with van der Waals surface area (Å²) in [6.45, 7) is 0.471. The number of carboxylic acid groups (broad SMARTS) is 2. The minimum atomic E-state index is -1.01. The van der Waals surface area contributed by atoms with Crippen LogP contribution in [0.15, 0.2) is 24.5 Å². The number of benzene rings is 1. The summed E-state index contributed by atoms with van der Waals surface area (Å²) in [5.41, 5.74) is 0.689. The standard InChI is InChI=1S/C13H13N3O4.ClH/c17-11(18)2-1-5-14-12-9-4-3-8(13(19)20)6-10(9)15-7-16-12;/h3-4,6-7H,1-2,5H2,(H,17,18)(H,19,20)(H,14,15,16);1H. The fourth-order valence-corrected chi connectivity index (χ4v) is 1.78. The van der Waals surface area contributed by atoms with E-state index in [9.17, 15) is 9.59 Å². The van der Waals surface area contributed by atoms with E-state index < -0.39 is 11.9 Å². The minimum Gasteiger partial charge on any atom is -0.481 e. The van der Waals surface area contributed by atoms with Gasteiger partial charge in [0.25, 0.3) is 0 Å². The lowest BCUT2D eigenvalue weighted by Gasteiger charge is -2.07. The highest BCUT2D eigenvalue weighted by molar-refractivity contribution is 5.96. The maximum Gasteiger partial charge on any atom is 0.335 e. The van der Waals surface area contributed by atoms with Gasteiger partial charge in [0.15, 0.2) is 0 Å². The topological polar surface area (TPSA) is 112 Å². The molecule has 0 aliphatic carbocycles. The molecule has 0 bridgehead atoms. The van der Waals surface area contributed by atoms with Crippen molar-refractivity contribution in [2.24, 2.45) is 0 Å². The van der Waals surface area contributed by atoms with Crippen LogP contribution in [-0.2, 0) is 4.79 Å². The molecule has 1 heterocycles. The van der Waals surface area contributed by atoms with E-state index in [2.05, 4.69) is 15.3 Å². The number of aromatic carboxylic acids is 1. The molecule has 8 heteroatoms. The number of nitrogens with one attached hydrogen (secondary N) is 1. The third-order valence-electron chi connectivity index (χ3n) is 2.74. The zero-order valence-corrected chi connectivity index (χ0v) is 11.8. The molecule has 0 saturated heterocycles. The van der Waals surface area contributed by atoms with Crippen molar-refractivity contribution in [2.45, 2.75) is 12.8 Å². The zero-order chi connectivity index (χ0) is 14.5. The molecule has 1 aromatic heterocycles. The Balaban J connectivity index is 0.00000220. The summed E-state index contributed by atoms with van der Waals surface area (Å²) in [5, 5.41) is 21.2. The zero-order valence-electron chi connectivity index (χ0n) is 10.9. The van der Waals surface area contributed by atoms with Crippen LogP contribution in [0.3, 0.4) is 0 Å². The summed E-state index contributed by atoms with van der Waals surface area (Å²) in [5.74, 6) is -1.29. The largest absolute Gasteiger partial charge is 0.481 e. The van der Waals surface area contributed by atoms with Gasteiger partial charge in [0.2, 0.25) is 0 Å². The van der Waals surface area contributed by atoms with Crippen molar-refractivity contribution in [3.05, 3.63) is 30.1 Å². The number of hydrogen-bond acceptors (Lipinski definition) is 5. The molecule has 21 heavy (non-hydrogen) atoms. The third kappa shape index (κ3) is 4.28. The van der Waals surface area contributed by atoms with E-state index >= 15 is 0 Å². The van der Waals surface area contributed by atoms with Crippen LogP contribution in [-0.4, -0.2) is 38.7 Å². The van der Waals surface area contributed by atoms with Crippen molar-refractivity contribution < 1.29 is 19.8 Å². The van der Waals surface area contributed by atoms with Gasteiger partial charge < -0.3 is 15.5 Å². The summed E-state index contributed by atoms with van der Waals surface area (Å²) >= 11 is 0. The van der Waals surface area contributed by atoms with E-state index in [4.69, 9.17) is 10.2 Å². The van der Waals surface area contributed by atoms with Gasteiger partial charge in [-0.15, -0.1) is 12.4 Å². The minimum absolute atomic E-state index is 0. The quantitative estimate of drug-likeness (QED) is 0.699. The molecule has 0 fully saturated rings. The number of rotatable bonds is 6. The Morgan fingerprint density at radius 3 is 2.62 bits per heavy atom. The van der Waals surface area contributed by atoms with Crippen LogP contribution in [0.4, 0.5) is 5.82 Å². The first-order chi connectivity index (χ1) is 9.58. The van der Waals surface area contributed by atoms with Crippen molar-refractivity contribution in [3.8, 4) is 0 Å². The molecule has 0 saturated carbocycles. The van der Waals surface area contributed by atoms with Gasteiger partial charge in [0.05, 0.1) is 11.1 Å². The lowest BCUT2D eigenvalue weighted by Crippen LogP contribution is -2.07. The first kappa shape index (κ1) is 16.6. The van der Waals surface area contributed by atoms with Crippen molar-refractivity contribution in [3.63, 3.8) is 0 Å². The van der Waals surface area contributed by atoms with Crippen molar-refractivity contribution >= 4 is 41.1 Å². The number of carboxylic acids is 2. The van der Waals surface area contributed by atoms with Crippen LogP contribution < -0.4 is 5.32 Å². The number of fused-ring (bicyclic) bond motifs is 1. The van der Waals surface area contributed by atoms with Crippen LogP contribution >= 0.6 is 12.4 Å². The van der Waals surface area contributed by atoms with Gasteiger partial charge in [-0.1, -0.05) is 0 Å². The number of aliphatic carboxylic acids is 1. The van der Waals surface area contributed by atoms with Crippen LogP contribution in [0.25, 0.3) is 10.9 Å². The molecule has 0 amide bonds. The van der Waals surface area contributed by atoms with Crippen LogP contribution in [0, 0.1) is 0 Å². The molecule has 2 aromatic rings. The van der Waals surface area contributed by atoms with E-state index in [-0.39, 0.29) is 24.4 Å². The Kier molecular flexibility index (Phi) is 5.86. The lowest BCUT2D eigenvalue weighted by atomic mass is 10.1. The Labute approximate surface area is 126 Å². The van der Waals surface area contributed by atoms with E-state index in [1.807, 2.05) is 0 Å². The highest BCUT2D eigenvalue weighted by Gasteiger charge is 2.08. The van der Waals surface area contributed by atoms with E-state index in [0.29, 0.717) is 29.7 Å². The second-order valence-corrected chi connectivity index (χ2v) is 4.18. The molecule has 0 spiro atoms. The Hall–Kier alpha value is -2.41. The van der Waals surface area contributed by atoms with Crippen molar-refractivity contribution in [1.82, 2.24) is 9.97 Å². The maximum atomic E-state index is 10.9. The van der Waals surface area contributed by atoms with Gasteiger partial charge in [0, 0.05) is 18.4 Å². The van der Waals surface area contributed by atoms with Gasteiger partial charge in [-0.3, -0.25) is 4.79 Å². The second-order valence-electron chi connectivity index (χ2n) is 4.18. The van der Waals surface area contributed by atoms with Gasteiger partial charge in [-0.05, 0) is 24.6 Å². The SMILES string of the molecule is Cl.O=C(O)CCCNc1ncnc2cc(C(=O)O)ccc12. The summed E-state index contributed by atoms with van der Waals surface area (Å²) in [6.07, 6.45) is 1.90. The number of nitrogens with zero attached hydrogens (tertiary/aromatic N) is 2. The molecule has 7 nitrogen and oxygen atoms in total. The van der Waals surface area contributed by atoms with Crippen molar-refractivity contribution in [1.29, 1.82) is 0 Å². The molecule has 0 radical (unpaired) electrons. The Morgan fingerprint density at radius 1 is 1.19 bits per heavy atom. The molecule has 0 aliphatic rings. The van der Waals surface area contributed by atoms with Crippen LogP contribution in [0.2, 0.25) is 0 Å². The Morgan fingerprint density at radius 2 is 1.95 bits per heavy atom. The summed E-state index contributed by atoms with van der Waals surface area (Å²) in [6, 6.07) is 4.59. The predicted molar refractivity (Wildman–Crippen MR) is 79.1 cm³/mol. The Bertz CT molecular complexity index is 663. The van der Waals surface area contributed by atoms with Gasteiger partial charge in [-0.2, -0.15) is 0 Å². The highest BCUT2D eigenvalue weighted by Crippen LogP contribution is 2.20. The van der Waals surface area contributed by atoms with Crippen LogP contribution in [0.1, 0.15) is 23.2 Å². The van der Waals surface area contributed by atoms with Crippen molar-refractivity contribution in [2.75, 3.05) is 11.9 Å². The average molecular weight is 312 g/mol. The fourth-order valence-electron chi connectivity index (χ4n) is 1.78. The molecular formula is C13H14ClN3O4. The first-order valence-corrected chi connectivity index (χ1v) is 6.01. The monoisotopic (exact) mass is 311 g/mol. The normalized spacial score (nSPS) is 9.90. The molecule has 0 atom stereocenters. The summed E-state index contributed by atoms with van der Waals surface area (Å²) in [7, 11) is 0. The smallest absolute Gasteiger partial charge is 0.335 e.